The van der Waals surface area contributed by atoms with Crippen LogP contribution in [0.25, 0.3) is 0 Å². The molecule has 0 rings (SSSR count). The molecular formula is C10H16O2. The van der Waals surface area contributed by atoms with E-state index >= 15 is 0 Å². The normalized spacial score (nSPS) is 11.1. The van der Waals surface area contributed by atoms with Gasteiger partial charge in [0.25, 0.3) is 6.47 Å². The minimum absolute atomic E-state index is 0.477. The van der Waals surface area contributed by atoms with Crippen LogP contribution in [0, 0.1) is 0 Å². The molecule has 0 amide bonds. The van der Waals surface area contributed by atoms with Crippen LogP contribution in [-0.4, -0.2) is 13.1 Å². The van der Waals surface area contributed by atoms with Crippen molar-refractivity contribution in [2.45, 2.75) is 26.2 Å². The van der Waals surface area contributed by atoms with Crippen LogP contribution in [-0.2, 0) is 9.53 Å². The zero-order valence-electron chi connectivity index (χ0n) is 7.53. The van der Waals surface area contributed by atoms with Crippen molar-refractivity contribution in [3.8, 4) is 0 Å². The fourth-order valence-corrected chi connectivity index (χ4v) is 0.740. The Kier molecular flexibility index (Phi) is 9.08. The summed E-state index contributed by atoms with van der Waals surface area (Å²) in [6.07, 6.45) is 11.2. The molecule has 0 aliphatic rings. The van der Waals surface area contributed by atoms with E-state index in [4.69, 9.17) is 0 Å². The molecule has 0 radical (unpaired) electrons. The number of carbonyl (C=O) groups is 1. The largest absolute Gasteiger partial charge is 0.468 e. The van der Waals surface area contributed by atoms with Gasteiger partial charge in [0.1, 0.15) is 0 Å². The first kappa shape index (κ1) is 11.0. The van der Waals surface area contributed by atoms with Gasteiger partial charge in [-0.15, -0.1) is 0 Å². The summed E-state index contributed by atoms with van der Waals surface area (Å²) in [5.74, 6) is 0. The quantitative estimate of drug-likeness (QED) is 0.331. The molecular weight excluding hydrogens is 152 g/mol. The minimum Gasteiger partial charge on any atom is -0.468 e. The maximum atomic E-state index is 9.72. The highest BCUT2D eigenvalue weighted by Gasteiger charge is 1.78. The number of allylic oxidation sites excluding steroid dienone is 3. The predicted octanol–water partition coefficient (Wildman–Crippen LogP) is 2.46. The molecule has 0 aromatic rings. The van der Waals surface area contributed by atoms with E-state index in [2.05, 4.69) is 29.9 Å². The Labute approximate surface area is 73.9 Å². The highest BCUT2D eigenvalue weighted by molar-refractivity contribution is 5.36. The molecule has 0 saturated carbocycles. The van der Waals surface area contributed by atoms with Crippen LogP contribution in [0.2, 0.25) is 0 Å². The highest BCUT2D eigenvalue weighted by Crippen LogP contribution is 1.90. The molecule has 0 aliphatic heterocycles. The Morgan fingerprint density at radius 1 is 1.17 bits per heavy atom. The molecule has 0 aliphatic carbocycles. The van der Waals surface area contributed by atoms with Crippen LogP contribution in [0.5, 0.6) is 0 Å². The Hall–Kier alpha value is -1.05. The average molecular weight is 168 g/mol. The van der Waals surface area contributed by atoms with E-state index in [0.29, 0.717) is 13.1 Å². The average Bonchev–Trinajstić information content (AvgIpc) is 2.10. The van der Waals surface area contributed by atoms with E-state index in [9.17, 15) is 4.79 Å². The van der Waals surface area contributed by atoms with Gasteiger partial charge in [0, 0.05) is 0 Å². The van der Waals surface area contributed by atoms with Crippen molar-refractivity contribution < 1.29 is 9.53 Å². The van der Waals surface area contributed by atoms with E-state index in [0.717, 1.165) is 19.3 Å². The molecule has 0 bridgehead atoms. The summed E-state index contributed by atoms with van der Waals surface area (Å²) in [6, 6.07) is 0. The summed E-state index contributed by atoms with van der Waals surface area (Å²) in [7, 11) is 0. The maximum absolute atomic E-state index is 9.72. The van der Waals surface area contributed by atoms with Crippen molar-refractivity contribution in [3.63, 3.8) is 0 Å². The lowest BCUT2D eigenvalue weighted by atomic mass is 10.3. The first-order valence-corrected chi connectivity index (χ1v) is 4.27. The maximum Gasteiger partial charge on any atom is 0.293 e. The van der Waals surface area contributed by atoms with Crippen molar-refractivity contribution in [1.82, 2.24) is 0 Å². The molecule has 0 N–H and O–H groups in total. The Bertz CT molecular complexity index is 148. The number of hydrogen-bond donors (Lipinski definition) is 0. The van der Waals surface area contributed by atoms with Crippen molar-refractivity contribution in [1.29, 1.82) is 0 Å². The van der Waals surface area contributed by atoms with Gasteiger partial charge in [-0.2, -0.15) is 0 Å². The van der Waals surface area contributed by atoms with Gasteiger partial charge >= 0.3 is 0 Å². The predicted molar refractivity (Wildman–Crippen MR) is 49.8 cm³/mol. The molecule has 0 atom stereocenters. The van der Waals surface area contributed by atoms with Crippen LogP contribution in [0.3, 0.4) is 0 Å². The lowest BCUT2D eigenvalue weighted by Crippen LogP contribution is -1.87. The summed E-state index contributed by atoms with van der Waals surface area (Å²) in [6.45, 7) is 3.07. The molecule has 68 valence electrons. The first-order valence-electron chi connectivity index (χ1n) is 4.27. The SMILES string of the molecule is CC/C=C\C/C=C\CCOC=O. The lowest BCUT2D eigenvalue weighted by molar-refractivity contribution is -0.128. The lowest BCUT2D eigenvalue weighted by Gasteiger charge is -1.90. The van der Waals surface area contributed by atoms with Crippen molar-refractivity contribution in [2.24, 2.45) is 0 Å². The zero-order valence-corrected chi connectivity index (χ0v) is 7.53. The van der Waals surface area contributed by atoms with Gasteiger partial charge in [-0.3, -0.25) is 4.79 Å². The van der Waals surface area contributed by atoms with Crippen LogP contribution < -0.4 is 0 Å². The molecule has 0 unspecified atom stereocenters. The second-order valence-electron chi connectivity index (χ2n) is 2.34. The Morgan fingerprint density at radius 2 is 1.92 bits per heavy atom. The standard InChI is InChI=1S/C10H16O2/c1-2-3-4-5-6-7-8-9-12-10-11/h3-4,6-7,10H,2,5,8-9H2,1H3/b4-3-,7-6-. The van der Waals surface area contributed by atoms with E-state index in [1.54, 1.807) is 0 Å². The minimum atomic E-state index is 0.477. The summed E-state index contributed by atoms with van der Waals surface area (Å²) in [4.78, 5) is 9.72. The topological polar surface area (TPSA) is 26.3 Å². The molecule has 12 heavy (non-hydrogen) atoms. The summed E-state index contributed by atoms with van der Waals surface area (Å²) < 4.78 is 4.51. The summed E-state index contributed by atoms with van der Waals surface area (Å²) in [5, 5.41) is 0. The van der Waals surface area contributed by atoms with Gasteiger partial charge in [0.15, 0.2) is 0 Å². The number of hydrogen-bond acceptors (Lipinski definition) is 2. The summed E-state index contributed by atoms with van der Waals surface area (Å²) in [5.41, 5.74) is 0. The number of rotatable bonds is 7. The van der Waals surface area contributed by atoms with E-state index in [1.165, 1.54) is 0 Å². The van der Waals surface area contributed by atoms with Crippen molar-refractivity contribution in [2.75, 3.05) is 6.61 Å². The zero-order chi connectivity index (χ0) is 9.07. The fourth-order valence-electron chi connectivity index (χ4n) is 0.740. The van der Waals surface area contributed by atoms with Crippen LogP contribution >= 0.6 is 0 Å². The van der Waals surface area contributed by atoms with Crippen LogP contribution in [0.15, 0.2) is 24.3 Å². The van der Waals surface area contributed by atoms with Gasteiger partial charge in [0.05, 0.1) is 6.61 Å². The van der Waals surface area contributed by atoms with E-state index in [1.807, 2.05) is 6.08 Å². The van der Waals surface area contributed by atoms with Crippen LogP contribution in [0.1, 0.15) is 26.2 Å². The smallest absolute Gasteiger partial charge is 0.293 e. The monoisotopic (exact) mass is 168 g/mol. The number of ether oxygens (including phenoxy) is 1. The van der Waals surface area contributed by atoms with Gasteiger partial charge in [-0.1, -0.05) is 31.2 Å². The van der Waals surface area contributed by atoms with Gasteiger partial charge in [-0.25, -0.2) is 0 Å². The van der Waals surface area contributed by atoms with Gasteiger partial charge in [0.2, 0.25) is 0 Å². The fraction of sp³-hybridized carbons (Fsp3) is 0.500. The first-order chi connectivity index (χ1) is 5.91. The van der Waals surface area contributed by atoms with E-state index in [-0.39, 0.29) is 0 Å². The molecule has 2 heteroatoms. The second-order valence-corrected chi connectivity index (χ2v) is 2.34. The summed E-state index contributed by atoms with van der Waals surface area (Å²) >= 11 is 0. The molecule has 2 nitrogen and oxygen atoms in total. The third-order valence-electron chi connectivity index (χ3n) is 1.31. The Morgan fingerprint density at radius 3 is 2.58 bits per heavy atom. The van der Waals surface area contributed by atoms with Crippen molar-refractivity contribution in [3.05, 3.63) is 24.3 Å². The Balaban J connectivity index is 3.13. The van der Waals surface area contributed by atoms with Crippen LogP contribution in [0.4, 0.5) is 0 Å². The van der Waals surface area contributed by atoms with Gasteiger partial charge < -0.3 is 4.74 Å². The molecule has 0 fully saturated rings. The third-order valence-corrected chi connectivity index (χ3v) is 1.31. The van der Waals surface area contributed by atoms with Crippen molar-refractivity contribution >= 4 is 6.47 Å². The highest BCUT2D eigenvalue weighted by atomic mass is 16.5. The molecule has 0 aromatic carbocycles. The van der Waals surface area contributed by atoms with Gasteiger partial charge in [-0.05, 0) is 19.3 Å². The molecule has 0 aromatic heterocycles. The molecule has 0 saturated heterocycles. The molecule has 0 heterocycles. The number of carbonyl (C=O) groups excluding carboxylic acids is 1. The van der Waals surface area contributed by atoms with E-state index < -0.39 is 0 Å². The molecule has 0 spiro atoms. The second kappa shape index (κ2) is 9.95. The third kappa shape index (κ3) is 8.95.